The van der Waals surface area contributed by atoms with Crippen molar-refractivity contribution in [1.29, 1.82) is 0 Å². The summed E-state index contributed by atoms with van der Waals surface area (Å²) in [5.41, 5.74) is 2.47. The molecule has 0 saturated heterocycles. The summed E-state index contributed by atoms with van der Waals surface area (Å²) in [4.78, 5) is 0. The largest absolute Gasteiger partial charge is 0.0945 e. The van der Waals surface area contributed by atoms with E-state index in [9.17, 15) is 0 Å². The molecule has 0 aromatic heterocycles. The molecule has 1 aliphatic rings. The van der Waals surface area contributed by atoms with Gasteiger partial charge in [-0.3, -0.25) is 0 Å². The Morgan fingerprint density at radius 2 is 1.72 bits per heavy atom. The van der Waals surface area contributed by atoms with Crippen LogP contribution in [0.5, 0.6) is 0 Å². The van der Waals surface area contributed by atoms with Crippen LogP contribution < -0.4 is 0 Å². The summed E-state index contributed by atoms with van der Waals surface area (Å²) in [6, 6.07) is 8.54. The lowest BCUT2D eigenvalue weighted by Gasteiger charge is -2.25. The third-order valence-corrected chi connectivity index (χ3v) is 4.02. The molecule has 0 heteroatoms. The van der Waals surface area contributed by atoms with E-state index in [0.29, 0.717) is 5.92 Å². The van der Waals surface area contributed by atoms with Crippen LogP contribution in [-0.4, -0.2) is 0 Å². The zero-order chi connectivity index (χ0) is 12.8. The minimum Gasteiger partial charge on any atom is -0.0945 e. The summed E-state index contributed by atoms with van der Waals surface area (Å²) in [6.45, 7) is 4.41. The minimum absolute atomic E-state index is 0.638. The standard InChI is InChI=1S/C18H24/c1-3-4-16-9-11-18(12-10-16)14-13-17-7-5-15(2)6-8-17/h5-8,16,18H,3-4,9-12H2,1-2H3. The molecule has 0 radical (unpaired) electrons. The molecule has 0 atom stereocenters. The second-order valence-corrected chi connectivity index (χ2v) is 5.64. The number of rotatable bonds is 2. The quantitative estimate of drug-likeness (QED) is 0.641. The van der Waals surface area contributed by atoms with Gasteiger partial charge in [-0.05, 0) is 50.7 Å². The highest BCUT2D eigenvalue weighted by molar-refractivity contribution is 5.36. The average Bonchev–Trinajstić information content (AvgIpc) is 2.40. The number of benzene rings is 1. The van der Waals surface area contributed by atoms with Gasteiger partial charge in [0, 0.05) is 11.5 Å². The number of aryl methyl sites for hydroxylation is 1. The topological polar surface area (TPSA) is 0 Å². The first-order valence-corrected chi connectivity index (χ1v) is 7.36. The molecule has 1 aliphatic carbocycles. The van der Waals surface area contributed by atoms with Gasteiger partial charge in [0.2, 0.25) is 0 Å². The Morgan fingerprint density at radius 3 is 2.33 bits per heavy atom. The summed E-state index contributed by atoms with van der Waals surface area (Å²) in [5, 5.41) is 0. The van der Waals surface area contributed by atoms with Crippen molar-refractivity contribution in [3.63, 3.8) is 0 Å². The molecular weight excluding hydrogens is 216 g/mol. The fraction of sp³-hybridized carbons (Fsp3) is 0.556. The monoisotopic (exact) mass is 240 g/mol. The van der Waals surface area contributed by atoms with Crippen molar-refractivity contribution in [2.75, 3.05) is 0 Å². The van der Waals surface area contributed by atoms with Gasteiger partial charge in [0.05, 0.1) is 0 Å². The predicted molar refractivity (Wildman–Crippen MR) is 78.4 cm³/mol. The first kappa shape index (κ1) is 13.2. The van der Waals surface area contributed by atoms with Gasteiger partial charge < -0.3 is 0 Å². The van der Waals surface area contributed by atoms with Crippen LogP contribution >= 0.6 is 0 Å². The van der Waals surface area contributed by atoms with Crippen molar-refractivity contribution in [3.8, 4) is 11.8 Å². The molecule has 0 heterocycles. The molecule has 0 N–H and O–H groups in total. The maximum atomic E-state index is 3.47. The van der Waals surface area contributed by atoms with Crippen LogP contribution in [-0.2, 0) is 0 Å². The van der Waals surface area contributed by atoms with Crippen molar-refractivity contribution in [2.45, 2.75) is 52.4 Å². The van der Waals surface area contributed by atoms with Crippen molar-refractivity contribution in [3.05, 3.63) is 35.4 Å². The van der Waals surface area contributed by atoms with Crippen LogP contribution in [0.25, 0.3) is 0 Å². The van der Waals surface area contributed by atoms with Crippen LogP contribution in [0.15, 0.2) is 24.3 Å². The van der Waals surface area contributed by atoms with E-state index in [1.807, 2.05) is 0 Å². The molecule has 0 unspecified atom stereocenters. The Labute approximate surface area is 112 Å². The van der Waals surface area contributed by atoms with Gasteiger partial charge in [0.15, 0.2) is 0 Å². The van der Waals surface area contributed by atoms with Crippen LogP contribution in [0.2, 0.25) is 0 Å². The first-order chi connectivity index (χ1) is 8.78. The van der Waals surface area contributed by atoms with Crippen molar-refractivity contribution in [2.24, 2.45) is 11.8 Å². The smallest absolute Gasteiger partial charge is 0.0245 e. The third kappa shape index (κ3) is 3.91. The predicted octanol–water partition coefficient (Wildman–Crippen LogP) is 4.95. The summed E-state index contributed by atoms with van der Waals surface area (Å²) in [7, 11) is 0. The second kappa shape index (κ2) is 6.64. The summed E-state index contributed by atoms with van der Waals surface area (Å²) >= 11 is 0. The molecule has 1 fully saturated rings. The highest BCUT2D eigenvalue weighted by Gasteiger charge is 2.18. The average molecular weight is 240 g/mol. The van der Waals surface area contributed by atoms with E-state index in [4.69, 9.17) is 0 Å². The lowest BCUT2D eigenvalue weighted by molar-refractivity contribution is 0.300. The normalized spacial score (nSPS) is 23.2. The fourth-order valence-corrected chi connectivity index (χ4v) is 2.83. The molecular formula is C18H24. The van der Waals surface area contributed by atoms with E-state index >= 15 is 0 Å². The van der Waals surface area contributed by atoms with Crippen LogP contribution in [0.3, 0.4) is 0 Å². The first-order valence-electron chi connectivity index (χ1n) is 7.36. The minimum atomic E-state index is 0.638. The van der Waals surface area contributed by atoms with Gasteiger partial charge >= 0.3 is 0 Å². The number of hydrogen-bond acceptors (Lipinski definition) is 0. The van der Waals surface area contributed by atoms with Crippen molar-refractivity contribution < 1.29 is 0 Å². The van der Waals surface area contributed by atoms with Gasteiger partial charge in [0.1, 0.15) is 0 Å². The van der Waals surface area contributed by atoms with Crippen molar-refractivity contribution in [1.82, 2.24) is 0 Å². The summed E-state index contributed by atoms with van der Waals surface area (Å²) in [6.07, 6.45) is 8.15. The van der Waals surface area contributed by atoms with Crippen molar-refractivity contribution >= 4 is 0 Å². The van der Waals surface area contributed by atoms with Crippen LogP contribution in [0.1, 0.15) is 56.6 Å². The lowest BCUT2D eigenvalue weighted by atomic mass is 9.80. The molecule has 0 spiro atoms. The second-order valence-electron chi connectivity index (χ2n) is 5.64. The Hall–Kier alpha value is -1.22. The van der Waals surface area contributed by atoms with E-state index < -0.39 is 0 Å². The SMILES string of the molecule is CCCC1CCC(C#Cc2ccc(C)cc2)CC1. The molecule has 0 nitrogen and oxygen atoms in total. The Bertz CT molecular complexity index is 408. The van der Waals surface area contributed by atoms with Crippen LogP contribution in [0.4, 0.5) is 0 Å². The Morgan fingerprint density at radius 1 is 1.06 bits per heavy atom. The van der Waals surface area contributed by atoms with E-state index in [1.165, 1.54) is 44.1 Å². The fourth-order valence-electron chi connectivity index (χ4n) is 2.83. The maximum Gasteiger partial charge on any atom is 0.0245 e. The van der Waals surface area contributed by atoms with Gasteiger partial charge in [-0.2, -0.15) is 0 Å². The Balaban J connectivity index is 1.86. The highest BCUT2D eigenvalue weighted by Crippen LogP contribution is 2.31. The lowest BCUT2D eigenvalue weighted by Crippen LogP contribution is -2.13. The van der Waals surface area contributed by atoms with E-state index in [0.717, 1.165) is 11.5 Å². The molecule has 1 aromatic rings. The van der Waals surface area contributed by atoms with Gasteiger partial charge in [-0.1, -0.05) is 49.3 Å². The third-order valence-electron chi connectivity index (χ3n) is 4.02. The highest BCUT2D eigenvalue weighted by atomic mass is 14.2. The van der Waals surface area contributed by atoms with Gasteiger partial charge in [-0.15, -0.1) is 0 Å². The molecule has 1 saturated carbocycles. The Kier molecular flexibility index (Phi) is 4.88. The van der Waals surface area contributed by atoms with E-state index in [1.54, 1.807) is 0 Å². The molecule has 18 heavy (non-hydrogen) atoms. The molecule has 0 amide bonds. The summed E-state index contributed by atoms with van der Waals surface area (Å²) in [5.74, 6) is 8.43. The van der Waals surface area contributed by atoms with E-state index in [2.05, 4.69) is 50.0 Å². The molecule has 2 rings (SSSR count). The molecule has 0 aliphatic heterocycles. The summed E-state index contributed by atoms with van der Waals surface area (Å²) < 4.78 is 0. The molecule has 96 valence electrons. The maximum absolute atomic E-state index is 3.47. The molecule has 0 bridgehead atoms. The van der Waals surface area contributed by atoms with Gasteiger partial charge in [0.25, 0.3) is 0 Å². The van der Waals surface area contributed by atoms with Gasteiger partial charge in [-0.25, -0.2) is 0 Å². The van der Waals surface area contributed by atoms with Crippen LogP contribution in [0, 0.1) is 30.6 Å². The molecule has 1 aromatic carbocycles. The zero-order valence-corrected chi connectivity index (χ0v) is 11.7. The number of hydrogen-bond donors (Lipinski definition) is 0. The zero-order valence-electron chi connectivity index (χ0n) is 11.7. The van der Waals surface area contributed by atoms with E-state index in [-0.39, 0.29) is 0 Å².